The number of carbonyl (C=O) groups excluding carboxylic acids is 1. The first-order valence-electron chi connectivity index (χ1n) is 8.54. The topological polar surface area (TPSA) is 70.8 Å². The van der Waals surface area contributed by atoms with Crippen molar-refractivity contribution in [3.63, 3.8) is 0 Å². The van der Waals surface area contributed by atoms with Crippen LogP contribution < -0.4 is 0 Å². The van der Waals surface area contributed by atoms with Crippen molar-refractivity contribution < 1.29 is 9.90 Å². The van der Waals surface area contributed by atoms with Crippen LogP contribution in [0.15, 0.2) is 0 Å². The first kappa shape index (κ1) is 19.9. The minimum Gasteiger partial charge on any atom is -0.389 e. The van der Waals surface area contributed by atoms with Crippen molar-refractivity contribution in [1.29, 1.82) is 5.26 Å². The molecule has 0 bridgehead atoms. The Kier molecular flexibility index (Phi) is 7.46. The third-order valence-electron chi connectivity index (χ3n) is 4.24. The van der Waals surface area contributed by atoms with Gasteiger partial charge >= 0.3 is 0 Å². The monoisotopic (exact) mass is 324 g/mol. The normalized spacial score (nSPS) is 18.3. The number of amides is 1. The van der Waals surface area contributed by atoms with E-state index in [0.29, 0.717) is 32.1 Å². The number of hydrogen-bond acceptors (Lipinski definition) is 5. The number of nitrogens with zero attached hydrogens (tertiary/aromatic N) is 4. The van der Waals surface area contributed by atoms with Crippen LogP contribution in [0.5, 0.6) is 0 Å². The summed E-state index contributed by atoms with van der Waals surface area (Å²) >= 11 is 0. The van der Waals surface area contributed by atoms with Crippen molar-refractivity contribution in [3.05, 3.63) is 0 Å². The third kappa shape index (κ3) is 6.46. The van der Waals surface area contributed by atoms with Gasteiger partial charge in [-0.1, -0.05) is 20.8 Å². The Hall–Kier alpha value is -1.16. The van der Waals surface area contributed by atoms with Gasteiger partial charge in [-0.15, -0.1) is 0 Å². The number of nitriles is 1. The maximum atomic E-state index is 12.5. The van der Waals surface area contributed by atoms with Gasteiger partial charge in [-0.2, -0.15) is 5.26 Å². The number of piperazine rings is 1. The number of likely N-dealkylation sites (N-methyl/N-ethyl adjacent to an activating group) is 1. The third-order valence-corrected chi connectivity index (χ3v) is 4.24. The van der Waals surface area contributed by atoms with Gasteiger partial charge in [0, 0.05) is 32.7 Å². The maximum absolute atomic E-state index is 12.5. The molecule has 0 saturated carbocycles. The lowest BCUT2D eigenvalue weighted by molar-refractivity contribution is -0.135. The van der Waals surface area contributed by atoms with Crippen molar-refractivity contribution in [3.8, 4) is 6.07 Å². The highest BCUT2D eigenvalue weighted by Gasteiger charge is 2.28. The molecule has 0 aromatic carbocycles. The van der Waals surface area contributed by atoms with E-state index in [1.807, 2.05) is 16.7 Å². The molecule has 1 rings (SSSR count). The standard InChI is InChI=1S/C17H32N4O2/c1-6-19(13-17(4,5)23)12-16(22)21-9-7-20(8-10-21)15(11-18)14(2)3/h14-15,23H,6-10,12-13H2,1-5H3. The highest BCUT2D eigenvalue weighted by atomic mass is 16.3. The Balaban J connectivity index is 2.50. The average Bonchev–Trinajstić information content (AvgIpc) is 2.46. The molecular formula is C17H32N4O2. The molecule has 23 heavy (non-hydrogen) atoms. The van der Waals surface area contributed by atoms with Crippen molar-refractivity contribution >= 4 is 5.91 Å². The predicted octanol–water partition coefficient (Wildman–Crippen LogP) is 0.772. The van der Waals surface area contributed by atoms with Crippen LogP contribution in [0, 0.1) is 17.2 Å². The van der Waals surface area contributed by atoms with E-state index >= 15 is 0 Å². The molecule has 1 amide bonds. The van der Waals surface area contributed by atoms with Crippen molar-refractivity contribution in [2.45, 2.75) is 46.3 Å². The average molecular weight is 324 g/mol. The molecule has 132 valence electrons. The molecule has 1 N–H and O–H groups in total. The molecule has 1 aliphatic rings. The first-order valence-corrected chi connectivity index (χ1v) is 8.54. The highest BCUT2D eigenvalue weighted by Crippen LogP contribution is 2.14. The molecule has 1 unspecified atom stereocenters. The lowest BCUT2D eigenvalue weighted by Crippen LogP contribution is -2.54. The molecular weight excluding hydrogens is 292 g/mol. The zero-order chi connectivity index (χ0) is 17.6. The Labute approximate surface area is 140 Å². The lowest BCUT2D eigenvalue weighted by Gasteiger charge is -2.39. The molecule has 0 radical (unpaired) electrons. The molecule has 1 fully saturated rings. The Morgan fingerprint density at radius 2 is 1.87 bits per heavy atom. The molecule has 0 spiro atoms. The maximum Gasteiger partial charge on any atom is 0.236 e. The number of carbonyl (C=O) groups is 1. The first-order chi connectivity index (χ1) is 10.7. The van der Waals surface area contributed by atoms with E-state index in [-0.39, 0.29) is 11.9 Å². The second kappa shape index (κ2) is 8.62. The summed E-state index contributed by atoms with van der Waals surface area (Å²) in [5.74, 6) is 0.401. The van der Waals surface area contributed by atoms with Gasteiger partial charge in [-0.3, -0.25) is 14.6 Å². The van der Waals surface area contributed by atoms with Crippen LogP contribution in [0.1, 0.15) is 34.6 Å². The van der Waals surface area contributed by atoms with Crippen molar-refractivity contribution in [1.82, 2.24) is 14.7 Å². The molecule has 1 saturated heterocycles. The van der Waals surface area contributed by atoms with Gasteiger partial charge in [0.25, 0.3) is 0 Å². The Morgan fingerprint density at radius 1 is 1.30 bits per heavy atom. The number of hydrogen-bond donors (Lipinski definition) is 1. The van der Waals surface area contributed by atoms with Gasteiger partial charge in [0.2, 0.25) is 5.91 Å². The largest absolute Gasteiger partial charge is 0.389 e. The zero-order valence-corrected chi connectivity index (χ0v) is 15.2. The highest BCUT2D eigenvalue weighted by molar-refractivity contribution is 5.78. The van der Waals surface area contributed by atoms with E-state index in [0.717, 1.165) is 19.6 Å². The molecule has 1 aliphatic heterocycles. The molecule has 6 nitrogen and oxygen atoms in total. The molecule has 0 aromatic heterocycles. The molecule has 6 heteroatoms. The molecule has 0 aromatic rings. The number of aliphatic hydroxyl groups is 1. The molecule has 0 aliphatic carbocycles. The van der Waals surface area contributed by atoms with Crippen molar-refractivity contribution in [2.24, 2.45) is 5.92 Å². The minimum atomic E-state index is -0.799. The quantitative estimate of drug-likeness (QED) is 0.749. The second-order valence-electron chi connectivity index (χ2n) is 7.35. The van der Waals surface area contributed by atoms with Gasteiger partial charge < -0.3 is 10.0 Å². The van der Waals surface area contributed by atoms with Crippen LogP contribution in [-0.4, -0.2) is 83.2 Å². The summed E-state index contributed by atoms with van der Waals surface area (Å²) in [4.78, 5) is 18.5. The van der Waals surface area contributed by atoms with E-state index in [1.54, 1.807) is 13.8 Å². The van der Waals surface area contributed by atoms with Crippen LogP contribution in [-0.2, 0) is 4.79 Å². The van der Waals surface area contributed by atoms with Gasteiger partial charge in [-0.05, 0) is 26.3 Å². The van der Waals surface area contributed by atoms with Crippen LogP contribution in [0.4, 0.5) is 0 Å². The molecule has 1 atom stereocenters. The van der Waals surface area contributed by atoms with Crippen LogP contribution in [0.2, 0.25) is 0 Å². The van der Waals surface area contributed by atoms with Crippen LogP contribution in [0.3, 0.4) is 0 Å². The van der Waals surface area contributed by atoms with E-state index in [2.05, 4.69) is 24.8 Å². The number of rotatable bonds is 7. The predicted molar refractivity (Wildman–Crippen MR) is 90.8 cm³/mol. The fourth-order valence-electron chi connectivity index (χ4n) is 3.02. The summed E-state index contributed by atoms with van der Waals surface area (Å²) in [7, 11) is 0. The Bertz CT molecular complexity index is 417. The van der Waals surface area contributed by atoms with Gasteiger partial charge in [0.1, 0.15) is 6.04 Å². The van der Waals surface area contributed by atoms with Gasteiger partial charge in [0.05, 0.1) is 18.2 Å². The summed E-state index contributed by atoms with van der Waals surface area (Å²) in [6, 6.07) is 2.29. The second-order valence-corrected chi connectivity index (χ2v) is 7.35. The van der Waals surface area contributed by atoms with E-state index in [1.165, 1.54) is 0 Å². The fourth-order valence-corrected chi connectivity index (χ4v) is 3.02. The summed E-state index contributed by atoms with van der Waals surface area (Å²) in [6.45, 7) is 14.0. The fraction of sp³-hybridized carbons (Fsp3) is 0.882. The van der Waals surface area contributed by atoms with Crippen molar-refractivity contribution in [2.75, 3.05) is 45.8 Å². The van der Waals surface area contributed by atoms with Crippen LogP contribution in [0.25, 0.3) is 0 Å². The van der Waals surface area contributed by atoms with E-state index in [9.17, 15) is 15.2 Å². The summed E-state index contributed by atoms with van der Waals surface area (Å²) in [5.41, 5.74) is -0.799. The van der Waals surface area contributed by atoms with E-state index in [4.69, 9.17) is 0 Å². The van der Waals surface area contributed by atoms with Gasteiger partial charge in [0.15, 0.2) is 0 Å². The summed E-state index contributed by atoms with van der Waals surface area (Å²) < 4.78 is 0. The molecule has 1 heterocycles. The Morgan fingerprint density at radius 3 is 2.26 bits per heavy atom. The zero-order valence-electron chi connectivity index (χ0n) is 15.2. The van der Waals surface area contributed by atoms with Crippen LogP contribution >= 0.6 is 0 Å². The smallest absolute Gasteiger partial charge is 0.236 e. The summed E-state index contributed by atoms with van der Waals surface area (Å²) in [5, 5.41) is 19.2. The summed E-state index contributed by atoms with van der Waals surface area (Å²) in [6.07, 6.45) is 0. The minimum absolute atomic E-state index is 0.0745. The SMILES string of the molecule is CCN(CC(=O)N1CCN(C(C#N)C(C)C)CC1)CC(C)(C)O. The lowest BCUT2D eigenvalue weighted by atomic mass is 10.0. The van der Waals surface area contributed by atoms with E-state index < -0.39 is 5.60 Å². The van der Waals surface area contributed by atoms with Gasteiger partial charge in [-0.25, -0.2) is 0 Å².